The van der Waals surface area contributed by atoms with Crippen LogP contribution in [0.1, 0.15) is 68.1 Å². The Balaban J connectivity index is 1.35. The van der Waals surface area contributed by atoms with Gasteiger partial charge in [0.25, 0.3) is 0 Å². The molecule has 0 radical (unpaired) electrons. The molecule has 0 amide bonds. The molecular formula is C31H37NO4S. The number of ether oxygens (including phenoxy) is 2. The Kier molecular flexibility index (Phi) is 4.81. The lowest BCUT2D eigenvalue weighted by Gasteiger charge is -2.73. The number of piperidine rings is 1. The molecule has 1 aromatic rings. The maximum absolute atomic E-state index is 12.4. The molecule has 6 aliphatic carbocycles. The molecule has 37 heavy (non-hydrogen) atoms. The van der Waals surface area contributed by atoms with Gasteiger partial charge in [-0.25, -0.2) is 0 Å². The summed E-state index contributed by atoms with van der Waals surface area (Å²) in [6, 6.07) is 2.45. The van der Waals surface area contributed by atoms with Crippen molar-refractivity contribution in [3.8, 4) is 11.5 Å². The van der Waals surface area contributed by atoms with Crippen molar-refractivity contribution in [2.24, 2.45) is 22.7 Å². The highest BCUT2D eigenvalue weighted by molar-refractivity contribution is 7.80. The minimum atomic E-state index is -0.561. The van der Waals surface area contributed by atoms with Crippen LogP contribution in [0.15, 0.2) is 29.9 Å². The van der Waals surface area contributed by atoms with Gasteiger partial charge in [-0.1, -0.05) is 43.3 Å². The molecule has 2 heterocycles. The van der Waals surface area contributed by atoms with Gasteiger partial charge in [0.2, 0.25) is 0 Å². The van der Waals surface area contributed by atoms with Gasteiger partial charge in [-0.05, 0) is 80.7 Å². The Morgan fingerprint density at radius 3 is 2.92 bits per heavy atom. The van der Waals surface area contributed by atoms with Crippen molar-refractivity contribution in [3.63, 3.8) is 0 Å². The van der Waals surface area contributed by atoms with E-state index in [0.717, 1.165) is 61.3 Å². The maximum Gasteiger partial charge on any atom is 0.186 e. The average Bonchev–Trinajstić information content (AvgIpc) is 3.62. The van der Waals surface area contributed by atoms with Crippen molar-refractivity contribution >= 4 is 17.1 Å². The second-order valence-corrected chi connectivity index (χ2v) is 13.5. The molecule has 3 N–H and O–H groups in total. The molecule has 8 aliphatic rings. The zero-order chi connectivity index (χ0) is 25.2. The van der Waals surface area contributed by atoms with E-state index in [4.69, 9.17) is 21.7 Å². The fraction of sp³-hybridized carbons (Fsp3) is 0.645. The van der Waals surface area contributed by atoms with Gasteiger partial charge in [-0.15, -0.1) is 0 Å². The van der Waals surface area contributed by atoms with Crippen LogP contribution >= 0.6 is 12.2 Å². The van der Waals surface area contributed by atoms with Crippen LogP contribution in [0, 0.1) is 29.6 Å². The van der Waals surface area contributed by atoms with E-state index in [1.807, 2.05) is 0 Å². The third-order valence-electron chi connectivity index (χ3n) is 11.7. The standard InChI is InChI=1S/C31H37NO4S/c1-17-12-22(35-16-33)26-25-20(17)13-24-30-9-8-21(28(36-26)31(25,30)10-11-32-24)29(15-30,14-18-6-7-18)27(34)19-4-2-3-5-23(19)37/h2-4,12,18,21,24,27-28,32-34H,5-11,13-16H2,1H3/t21-,24?,27+,28+,29?,30?,31-/m0/s1. The zero-order valence-corrected chi connectivity index (χ0v) is 22.4. The zero-order valence-electron chi connectivity index (χ0n) is 21.6. The topological polar surface area (TPSA) is 71.0 Å². The third-order valence-corrected chi connectivity index (χ3v) is 12.1. The van der Waals surface area contributed by atoms with Crippen LogP contribution in [-0.2, 0) is 11.8 Å². The van der Waals surface area contributed by atoms with E-state index in [-0.39, 0.29) is 35.1 Å². The lowest BCUT2D eigenvalue weighted by molar-refractivity contribution is -0.230. The molecule has 1 aromatic carbocycles. The summed E-state index contributed by atoms with van der Waals surface area (Å²) in [6.07, 6.45) is 15.4. The molecule has 6 heteroatoms. The number of aryl methyl sites for hydroxylation is 1. The Labute approximate surface area is 224 Å². The molecule has 3 unspecified atom stereocenters. The first-order valence-corrected chi connectivity index (χ1v) is 14.7. The molecule has 196 valence electrons. The quantitative estimate of drug-likeness (QED) is 0.381. The minimum absolute atomic E-state index is 0.0261. The summed E-state index contributed by atoms with van der Waals surface area (Å²) in [6.45, 7) is 2.83. The van der Waals surface area contributed by atoms with Gasteiger partial charge in [0.05, 0.1) is 6.10 Å². The van der Waals surface area contributed by atoms with E-state index in [2.05, 4.69) is 36.5 Å². The Morgan fingerprint density at radius 1 is 1.27 bits per heavy atom. The van der Waals surface area contributed by atoms with Crippen molar-refractivity contribution in [2.45, 2.75) is 88.4 Å². The van der Waals surface area contributed by atoms with E-state index < -0.39 is 6.10 Å². The van der Waals surface area contributed by atoms with Crippen LogP contribution in [-0.4, -0.2) is 46.7 Å². The molecule has 4 bridgehead atoms. The van der Waals surface area contributed by atoms with E-state index >= 15 is 0 Å². The van der Waals surface area contributed by atoms with Crippen LogP contribution in [0.4, 0.5) is 0 Å². The van der Waals surface area contributed by atoms with Gasteiger partial charge in [-0.3, -0.25) is 0 Å². The lowest BCUT2D eigenvalue weighted by atomic mass is 9.32. The van der Waals surface area contributed by atoms with Gasteiger partial charge < -0.3 is 25.0 Å². The largest absolute Gasteiger partial charge is 0.485 e. The van der Waals surface area contributed by atoms with E-state index in [9.17, 15) is 10.2 Å². The summed E-state index contributed by atoms with van der Waals surface area (Å²) in [5.41, 5.74) is 4.77. The van der Waals surface area contributed by atoms with Gasteiger partial charge >= 0.3 is 0 Å². The van der Waals surface area contributed by atoms with Gasteiger partial charge in [-0.2, -0.15) is 0 Å². The average molecular weight is 520 g/mol. The molecule has 0 aromatic heterocycles. The van der Waals surface area contributed by atoms with Crippen LogP contribution in [0.2, 0.25) is 0 Å². The van der Waals surface area contributed by atoms with Gasteiger partial charge in [0.1, 0.15) is 6.10 Å². The number of benzene rings is 1. The molecule has 7 atom stereocenters. The van der Waals surface area contributed by atoms with E-state index in [0.29, 0.717) is 17.7 Å². The number of thiocarbonyl (C=S) groups is 1. The molecule has 9 rings (SSSR count). The van der Waals surface area contributed by atoms with Crippen molar-refractivity contribution < 1.29 is 19.7 Å². The fourth-order valence-electron chi connectivity index (χ4n) is 10.3. The van der Waals surface area contributed by atoms with Gasteiger partial charge in [0, 0.05) is 45.1 Å². The monoisotopic (exact) mass is 519 g/mol. The summed E-state index contributed by atoms with van der Waals surface area (Å²) in [7, 11) is 0. The smallest absolute Gasteiger partial charge is 0.186 e. The number of hydrogen-bond acceptors (Lipinski definition) is 6. The van der Waals surface area contributed by atoms with Crippen LogP contribution < -0.4 is 14.8 Å². The number of aliphatic hydroxyl groups is 2. The first-order valence-electron chi connectivity index (χ1n) is 14.3. The summed E-state index contributed by atoms with van der Waals surface area (Å²) in [5, 5.41) is 26.1. The van der Waals surface area contributed by atoms with Crippen molar-refractivity contribution in [3.05, 3.63) is 46.6 Å². The number of aliphatic hydroxyl groups excluding tert-OH is 2. The van der Waals surface area contributed by atoms with Crippen molar-refractivity contribution in [1.29, 1.82) is 0 Å². The van der Waals surface area contributed by atoms with Gasteiger partial charge in [0.15, 0.2) is 18.3 Å². The van der Waals surface area contributed by atoms with Crippen LogP contribution in [0.5, 0.6) is 11.5 Å². The molecule has 2 spiro atoms. The molecule has 4 saturated carbocycles. The van der Waals surface area contributed by atoms with E-state index in [1.165, 1.54) is 36.0 Å². The molecule has 5 fully saturated rings. The number of allylic oxidation sites excluding steroid dienone is 3. The Morgan fingerprint density at radius 2 is 2.14 bits per heavy atom. The fourth-order valence-corrected chi connectivity index (χ4v) is 10.6. The molecule has 2 aliphatic heterocycles. The van der Waals surface area contributed by atoms with Crippen molar-refractivity contribution in [2.75, 3.05) is 13.3 Å². The molecule has 5 nitrogen and oxygen atoms in total. The highest BCUT2D eigenvalue weighted by atomic mass is 32.1. The number of rotatable bonds is 6. The lowest BCUT2D eigenvalue weighted by Crippen LogP contribution is -2.78. The third kappa shape index (κ3) is 2.73. The summed E-state index contributed by atoms with van der Waals surface area (Å²) >= 11 is 5.83. The highest BCUT2D eigenvalue weighted by Crippen LogP contribution is 2.78. The number of fused-ring (bicyclic) bond motifs is 2. The summed E-state index contributed by atoms with van der Waals surface area (Å²) in [4.78, 5) is 0.896. The normalized spacial score (nSPS) is 41.2. The number of nitrogens with one attached hydrogen (secondary N) is 1. The van der Waals surface area contributed by atoms with E-state index in [1.54, 1.807) is 0 Å². The number of hydrogen-bond donors (Lipinski definition) is 3. The molecule has 1 saturated heterocycles. The highest BCUT2D eigenvalue weighted by Gasteiger charge is 2.79. The first-order chi connectivity index (χ1) is 17.9. The second-order valence-electron chi connectivity index (χ2n) is 13.1. The summed E-state index contributed by atoms with van der Waals surface area (Å²) < 4.78 is 12.9. The SMILES string of the molecule is Cc1cc(OCO)c2c3c1CC1NCC[C@@]34[C@H](O2)[C@@H]2CCC14CC2(CC1CC1)[C@H](O)C1=CC=CCC1=S. The summed E-state index contributed by atoms with van der Waals surface area (Å²) in [5.74, 6) is 2.52. The predicted octanol–water partition coefficient (Wildman–Crippen LogP) is 4.44. The first kappa shape index (κ1) is 23.2. The maximum atomic E-state index is 12.4. The predicted molar refractivity (Wildman–Crippen MR) is 145 cm³/mol. The van der Waals surface area contributed by atoms with Crippen LogP contribution in [0.25, 0.3) is 0 Å². The Hall–Kier alpha value is -1.73. The Bertz CT molecular complexity index is 1270. The second kappa shape index (κ2) is 7.68. The van der Waals surface area contributed by atoms with Crippen molar-refractivity contribution in [1.82, 2.24) is 5.32 Å². The minimum Gasteiger partial charge on any atom is -0.485 e. The molecular weight excluding hydrogens is 482 g/mol. The van der Waals surface area contributed by atoms with Crippen LogP contribution in [0.3, 0.4) is 0 Å².